The van der Waals surface area contributed by atoms with Gasteiger partial charge in [-0.15, -0.1) is 11.8 Å². The van der Waals surface area contributed by atoms with Crippen LogP contribution < -0.4 is 21.1 Å². The predicted molar refractivity (Wildman–Crippen MR) is 158 cm³/mol. The van der Waals surface area contributed by atoms with Gasteiger partial charge in [-0.3, -0.25) is 19.9 Å². The number of amides is 2. The molecule has 3 aliphatic heterocycles. The molecule has 2 fully saturated rings. The van der Waals surface area contributed by atoms with Crippen molar-refractivity contribution in [1.29, 1.82) is 0 Å². The molecule has 6 rings (SSSR count). The molecular formula is C29H29BrN6O2S. The summed E-state index contributed by atoms with van der Waals surface area (Å²) in [7, 11) is 0. The maximum atomic E-state index is 13.6. The Labute approximate surface area is 240 Å². The summed E-state index contributed by atoms with van der Waals surface area (Å²) in [6, 6.07) is 26.0. The molecule has 39 heavy (non-hydrogen) atoms. The van der Waals surface area contributed by atoms with E-state index in [1.54, 1.807) is 5.01 Å². The first-order valence-corrected chi connectivity index (χ1v) is 14.8. The van der Waals surface area contributed by atoms with Crippen LogP contribution in [0.2, 0.25) is 0 Å². The number of hydrazine groups is 1. The molecule has 0 aliphatic carbocycles. The highest BCUT2D eigenvalue weighted by atomic mass is 79.9. The molecule has 3 heterocycles. The molecule has 3 N–H and O–H groups in total. The summed E-state index contributed by atoms with van der Waals surface area (Å²) in [6.45, 7) is 2.60. The SMILES string of the molecule is Cc1ccc(C2CC(c3ccc(Br)cc3)=NN2C(=O)CSC2NC(=O)C3CNN(c4ccccc4)C3N2)cc1. The van der Waals surface area contributed by atoms with Crippen LogP contribution in [0.1, 0.15) is 29.2 Å². The number of para-hydroxylation sites is 1. The van der Waals surface area contributed by atoms with Gasteiger partial charge in [-0.1, -0.05) is 76.1 Å². The third-order valence-electron chi connectivity index (χ3n) is 7.29. The van der Waals surface area contributed by atoms with Crippen LogP contribution in [0.25, 0.3) is 0 Å². The van der Waals surface area contributed by atoms with Gasteiger partial charge in [0.25, 0.3) is 5.91 Å². The number of hydrogen-bond acceptors (Lipinski definition) is 7. The van der Waals surface area contributed by atoms with Crippen LogP contribution in [0.15, 0.2) is 88.4 Å². The number of hydrazone groups is 1. The number of nitrogens with zero attached hydrogens (tertiary/aromatic N) is 3. The highest BCUT2D eigenvalue weighted by Gasteiger charge is 2.44. The molecule has 0 aromatic heterocycles. The Morgan fingerprint density at radius 2 is 1.79 bits per heavy atom. The molecule has 0 spiro atoms. The van der Waals surface area contributed by atoms with Crippen LogP contribution in [-0.2, 0) is 9.59 Å². The maximum absolute atomic E-state index is 13.6. The lowest BCUT2D eigenvalue weighted by Crippen LogP contribution is -2.63. The van der Waals surface area contributed by atoms with E-state index in [0.717, 1.165) is 27.0 Å². The van der Waals surface area contributed by atoms with Crippen LogP contribution in [0.5, 0.6) is 0 Å². The number of carbonyl (C=O) groups excluding carboxylic acids is 2. The Balaban J connectivity index is 1.17. The number of carbonyl (C=O) groups is 2. The third kappa shape index (κ3) is 5.47. The van der Waals surface area contributed by atoms with E-state index in [4.69, 9.17) is 5.10 Å². The minimum atomic E-state index is -0.399. The van der Waals surface area contributed by atoms with E-state index in [0.29, 0.717) is 13.0 Å². The molecule has 200 valence electrons. The quantitative estimate of drug-likeness (QED) is 0.392. The zero-order chi connectivity index (χ0) is 26.9. The number of fused-ring (bicyclic) bond motifs is 1. The normalized spacial score (nSPS) is 24.4. The summed E-state index contributed by atoms with van der Waals surface area (Å²) < 4.78 is 0.997. The van der Waals surface area contributed by atoms with E-state index >= 15 is 0 Å². The van der Waals surface area contributed by atoms with Gasteiger partial charge in [-0.25, -0.2) is 10.4 Å². The summed E-state index contributed by atoms with van der Waals surface area (Å²) in [5, 5.41) is 15.0. The van der Waals surface area contributed by atoms with Crippen LogP contribution in [0, 0.1) is 12.8 Å². The van der Waals surface area contributed by atoms with Gasteiger partial charge >= 0.3 is 0 Å². The van der Waals surface area contributed by atoms with Crippen molar-refractivity contribution in [1.82, 2.24) is 21.1 Å². The second-order valence-corrected chi connectivity index (χ2v) is 11.9. The molecule has 8 nitrogen and oxygen atoms in total. The Kier molecular flexibility index (Phi) is 7.44. The monoisotopic (exact) mass is 604 g/mol. The first kappa shape index (κ1) is 26.1. The van der Waals surface area contributed by atoms with Gasteiger partial charge in [-0.2, -0.15) is 5.10 Å². The average Bonchev–Trinajstić information content (AvgIpc) is 3.59. The fourth-order valence-corrected chi connectivity index (χ4v) is 6.34. The fraction of sp³-hybridized carbons (Fsp3) is 0.276. The van der Waals surface area contributed by atoms with Gasteiger partial charge in [0, 0.05) is 17.4 Å². The van der Waals surface area contributed by atoms with Crippen molar-refractivity contribution in [2.45, 2.75) is 31.0 Å². The number of aryl methyl sites for hydroxylation is 1. The van der Waals surface area contributed by atoms with Gasteiger partial charge in [0.15, 0.2) is 0 Å². The van der Waals surface area contributed by atoms with Gasteiger partial charge in [-0.05, 0) is 42.3 Å². The summed E-state index contributed by atoms with van der Waals surface area (Å²) in [5.74, 6) is -0.169. The van der Waals surface area contributed by atoms with Crippen LogP contribution in [0.4, 0.5) is 5.69 Å². The molecule has 3 aromatic carbocycles. The second kappa shape index (κ2) is 11.1. The van der Waals surface area contributed by atoms with Gasteiger partial charge < -0.3 is 5.32 Å². The van der Waals surface area contributed by atoms with Crippen molar-refractivity contribution < 1.29 is 9.59 Å². The molecule has 2 amide bonds. The van der Waals surface area contributed by atoms with Gasteiger partial charge in [0.2, 0.25) is 5.91 Å². The third-order valence-corrected chi connectivity index (χ3v) is 8.82. The van der Waals surface area contributed by atoms with E-state index in [-0.39, 0.29) is 35.7 Å². The standard InChI is InChI=1S/C29H29BrN6O2S/c1-18-7-9-20(10-8-18)25-15-24(19-11-13-21(30)14-12-19)34-36(25)26(37)17-39-29-32-27-23(28(38)33-29)16-31-35(27)22-5-3-2-4-6-22/h2-14,23,25,27,29,31-32H,15-17H2,1H3,(H,33,38). The Hall–Kier alpha value is -3.18. The van der Waals surface area contributed by atoms with Crippen LogP contribution in [0.3, 0.4) is 0 Å². The Morgan fingerprint density at radius 1 is 1.05 bits per heavy atom. The number of halogens is 1. The van der Waals surface area contributed by atoms with E-state index in [1.165, 1.54) is 17.3 Å². The zero-order valence-corrected chi connectivity index (χ0v) is 23.8. The fourth-order valence-electron chi connectivity index (χ4n) is 5.20. The first-order valence-electron chi connectivity index (χ1n) is 12.9. The molecule has 2 saturated heterocycles. The lowest BCUT2D eigenvalue weighted by Gasteiger charge is -2.37. The highest BCUT2D eigenvalue weighted by Crippen LogP contribution is 2.34. The molecule has 3 aromatic rings. The lowest BCUT2D eigenvalue weighted by atomic mass is 9.98. The summed E-state index contributed by atoms with van der Waals surface area (Å²) in [6.07, 6.45) is 0.434. The zero-order valence-electron chi connectivity index (χ0n) is 21.4. The van der Waals surface area contributed by atoms with Crippen molar-refractivity contribution in [3.05, 3.63) is 100 Å². The Morgan fingerprint density at radius 3 is 2.54 bits per heavy atom. The van der Waals surface area contributed by atoms with Gasteiger partial charge in [0.05, 0.1) is 29.1 Å². The molecule has 4 atom stereocenters. The molecular weight excluding hydrogens is 576 g/mol. The topological polar surface area (TPSA) is 89.1 Å². The predicted octanol–water partition coefficient (Wildman–Crippen LogP) is 4.14. The summed E-state index contributed by atoms with van der Waals surface area (Å²) in [4.78, 5) is 26.5. The number of rotatable bonds is 6. The van der Waals surface area contributed by atoms with Crippen molar-refractivity contribution in [3.63, 3.8) is 0 Å². The number of hydrogen-bond donors (Lipinski definition) is 3. The van der Waals surface area contributed by atoms with Crippen LogP contribution >= 0.6 is 27.7 Å². The van der Waals surface area contributed by atoms with Crippen LogP contribution in [-0.4, -0.2) is 46.5 Å². The van der Waals surface area contributed by atoms with E-state index in [1.807, 2.05) is 59.6 Å². The minimum absolute atomic E-state index is 0.0242. The molecule has 4 unspecified atom stereocenters. The first-order chi connectivity index (χ1) is 19.0. The van der Waals surface area contributed by atoms with Crippen molar-refractivity contribution >= 4 is 50.9 Å². The largest absolute Gasteiger partial charge is 0.331 e. The smallest absolute Gasteiger partial charge is 0.253 e. The van der Waals surface area contributed by atoms with Crippen molar-refractivity contribution in [3.8, 4) is 0 Å². The molecule has 0 saturated carbocycles. The van der Waals surface area contributed by atoms with E-state index in [9.17, 15) is 9.59 Å². The lowest BCUT2D eigenvalue weighted by molar-refractivity contribution is -0.130. The van der Waals surface area contributed by atoms with Gasteiger partial charge in [0.1, 0.15) is 11.7 Å². The molecule has 0 bridgehead atoms. The molecule has 3 aliphatic rings. The van der Waals surface area contributed by atoms with Crippen molar-refractivity contribution in [2.24, 2.45) is 11.0 Å². The average molecular weight is 606 g/mol. The van der Waals surface area contributed by atoms with E-state index < -0.39 is 5.50 Å². The molecule has 0 radical (unpaired) electrons. The van der Waals surface area contributed by atoms with Crippen molar-refractivity contribution in [2.75, 3.05) is 17.3 Å². The number of anilines is 1. The molecule has 10 heteroatoms. The summed E-state index contributed by atoms with van der Waals surface area (Å²) in [5.41, 5.74) is 8.02. The number of thioether (sulfide) groups is 1. The minimum Gasteiger partial charge on any atom is -0.331 e. The summed E-state index contributed by atoms with van der Waals surface area (Å²) >= 11 is 4.87. The number of nitrogens with one attached hydrogen (secondary N) is 3. The number of benzene rings is 3. The highest BCUT2D eigenvalue weighted by molar-refractivity contribution is 9.10. The second-order valence-electron chi connectivity index (χ2n) is 9.91. The maximum Gasteiger partial charge on any atom is 0.253 e. The Bertz CT molecular complexity index is 1390. The van der Waals surface area contributed by atoms with E-state index in [2.05, 4.69) is 63.2 Å².